The molecule has 6 heteroatoms. The number of urea groups is 1. The van der Waals surface area contributed by atoms with Gasteiger partial charge in [0.1, 0.15) is 5.82 Å². The summed E-state index contributed by atoms with van der Waals surface area (Å²) in [6.45, 7) is 4.23. The third-order valence-electron chi connectivity index (χ3n) is 3.96. The number of hydrogen-bond donors (Lipinski definition) is 1. The summed E-state index contributed by atoms with van der Waals surface area (Å²) in [5, 5.41) is 6.94. The van der Waals surface area contributed by atoms with Crippen molar-refractivity contribution in [3.05, 3.63) is 48.2 Å². The van der Waals surface area contributed by atoms with Crippen LogP contribution in [0.2, 0.25) is 0 Å². The van der Waals surface area contributed by atoms with Gasteiger partial charge in [0.25, 0.3) is 0 Å². The van der Waals surface area contributed by atoms with Crippen molar-refractivity contribution in [3.8, 4) is 0 Å². The van der Waals surface area contributed by atoms with Gasteiger partial charge in [0.2, 0.25) is 0 Å². The Bertz CT molecular complexity index is 616. The van der Waals surface area contributed by atoms with E-state index in [-0.39, 0.29) is 6.03 Å². The summed E-state index contributed by atoms with van der Waals surface area (Å²) < 4.78 is 1.66. The van der Waals surface area contributed by atoms with Gasteiger partial charge < -0.3 is 4.90 Å². The van der Waals surface area contributed by atoms with Crippen LogP contribution in [0.25, 0.3) is 0 Å². The molecule has 3 rings (SSSR count). The first kappa shape index (κ1) is 14.6. The van der Waals surface area contributed by atoms with E-state index >= 15 is 0 Å². The van der Waals surface area contributed by atoms with Gasteiger partial charge in [-0.2, -0.15) is 5.10 Å². The molecule has 1 saturated heterocycles. The highest BCUT2D eigenvalue weighted by molar-refractivity contribution is 5.88. The molecule has 1 N–H and O–H groups in total. The SMILES string of the molecule is Cn1nccc1NC(=O)N1CCN(Cc2ccccc2)CC1. The van der Waals surface area contributed by atoms with Crippen LogP contribution in [0, 0.1) is 0 Å². The van der Waals surface area contributed by atoms with Crippen molar-refractivity contribution in [2.75, 3.05) is 31.5 Å². The first-order valence-electron chi connectivity index (χ1n) is 7.52. The fourth-order valence-corrected chi connectivity index (χ4v) is 2.64. The van der Waals surface area contributed by atoms with Crippen molar-refractivity contribution in [3.63, 3.8) is 0 Å². The van der Waals surface area contributed by atoms with Gasteiger partial charge >= 0.3 is 6.03 Å². The molecular formula is C16H21N5O. The molecule has 6 nitrogen and oxygen atoms in total. The minimum Gasteiger partial charge on any atom is -0.322 e. The molecule has 22 heavy (non-hydrogen) atoms. The summed E-state index contributed by atoms with van der Waals surface area (Å²) >= 11 is 0. The number of piperazine rings is 1. The van der Waals surface area contributed by atoms with E-state index in [4.69, 9.17) is 0 Å². The van der Waals surface area contributed by atoms with Gasteiger partial charge in [-0.15, -0.1) is 0 Å². The number of anilines is 1. The molecule has 0 aliphatic carbocycles. The number of amides is 2. The van der Waals surface area contributed by atoms with E-state index in [1.54, 1.807) is 16.9 Å². The fraction of sp³-hybridized carbons (Fsp3) is 0.375. The second-order valence-electron chi connectivity index (χ2n) is 5.52. The molecular weight excluding hydrogens is 278 g/mol. The Morgan fingerprint density at radius 2 is 1.86 bits per heavy atom. The van der Waals surface area contributed by atoms with Crippen LogP contribution in [-0.4, -0.2) is 51.8 Å². The van der Waals surface area contributed by atoms with Crippen LogP contribution in [-0.2, 0) is 13.6 Å². The fourth-order valence-electron chi connectivity index (χ4n) is 2.64. The van der Waals surface area contributed by atoms with Crippen molar-refractivity contribution in [1.29, 1.82) is 0 Å². The number of aryl methyl sites for hydroxylation is 1. The number of benzene rings is 1. The van der Waals surface area contributed by atoms with E-state index in [1.807, 2.05) is 18.0 Å². The van der Waals surface area contributed by atoms with Gasteiger partial charge in [0, 0.05) is 45.8 Å². The third-order valence-corrected chi connectivity index (χ3v) is 3.96. The Morgan fingerprint density at radius 3 is 2.50 bits per heavy atom. The van der Waals surface area contributed by atoms with E-state index < -0.39 is 0 Å². The van der Waals surface area contributed by atoms with Crippen molar-refractivity contribution < 1.29 is 4.79 Å². The lowest BCUT2D eigenvalue weighted by Crippen LogP contribution is -2.49. The molecule has 116 valence electrons. The monoisotopic (exact) mass is 299 g/mol. The Hall–Kier alpha value is -2.34. The van der Waals surface area contributed by atoms with E-state index in [0.717, 1.165) is 38.5 Å². The predicted octanol–water partition coefficient (Wildman–Crippen LogP) is 1.77. The topological polar surface area (TPSA) is 53.4 Å². The molecule has 0 bridgehead atoms. The van der Waals surface area contributed by atoms with Crippen LogP contribution >= 0.6 is 0 Å². The molecule has 2 aromatic rings. The standard InChI is InChI=1S/C16H21N5O/c1-19-15(7-8-17-19)18-16(22)21-11-9-20(10-12-21)13-14-5-3-2-4-6-14/h2-8H,9-13H2,1H3,(H,18,22). The highest BCUT2D eigenvalue weighted by Gasteiger charge is 2.21. The molecule has 0 radical (unpaired) electrons. The summed E-state index contributed by atoms with van der Waals surface area (Å²) in [5.41, 5.74) is 1.32. The summed E-state index contributed by atoms with van der Waals surface area (Å²) in [4.78, 5) is 16.5. The first-order chi connectivity index (χ1) is 10.7. The number of nitrogens with zero attached hydrogens (tertiary/aromatic N) is 4. The van der Waals surface area contributed by atoms with Gasteiger partial charge in [0.15, 0.2) is 0 Å². The molecule has 1 aliphatic heterocycles. The number of carbonyl (C=O) groups excluding carboxylic acids is 1. The molecule has 2 heterocycles. The highest BCUT2D eigenvalue weighted by Crippen LogP contribution is 2.10. The highest BCUT2D eigenvalue weighted by atomic mass is 16.2. The van der Waals surface area contributed by atoms with Crippen LogP contribution in [0.3, 0.4) is 0 Å². The molecule has 2 amide bonds. The molecule has 0 unspecified atom stereocenters. The maximum atomic E-state index is 12.2. The first-order valence-corrected chi connectivity index (χ1v) is 7.52. The quantitative estimate of drug-likeness (QED) is 0.940. The number of nitrogens with one attached hydrogen (secondary N) is 1. The van der Waals surface area contributed by atoms with E-state index in [2.05, 4.69) is 39.6 Å². The van der Waals surface area contributed by atoms with Gasteiger partial charge in [-0.25, -0.2) is 4.79 Å². The van der Waals surface area contributed by atoms with E-state index in [0.29, 0.717) is 0 Å². The zero-order valence-corrected chi connectivity index (χ0v) is 12.8. The molecule has 1 aliphatic rings. The summed E-state index contributed by atoms with van der Waals surface area (Å²) in [6.07, 6.45) is 1.67. The molecule has 1 aromatic carbocycles. The zero-order chi connectivity index (χ0) is 15.4. The van der Waals surface area contributed by atoms with Crippen LogP contribution in [0.15, 0.2) is 42.6 Å². The number of rotatable bonds is 3. The molecule has 0 saturated carbocycles. The zero-order valence-electron chi connectivity index (χ0n) is 12.8. The van der Waals surface area contributed by atoms with Gasteiger partial charge in [-0.3, -0.25) is 14.9 Å². The number of hydrogen-bond acceptors (Lipinski definition) is 3. The van der Waals surface area contributed by atoms with Crippen LogP contribution in [0.4, 0.5) is 10.6 Å². The second kappa shape index (κ2) is 6.62. The Kier molecular flexibility index (Phi) is 4.39. The van der Waals surface area contributed by atoms with E-state index in [1.165, 1.54) is 5.56 Å². The van der Waals surface area contributed by atoms with Crippen LogP contribution in [0.5, 0.6) is 0 Å². The Balaban J connectivity index is 1.49. The Labute approximate surface area is 130 Å². The van der Waals surface area contributed by atoms with E-state index in [9.17, 15) is 4.79 Å². The van der Waals surface area contributed by atoms with Crippen LogP contribution < -0.4 is 5.32 Å². The van der Waals surface area contributed by atoms with Gasteiger partial charge in [-0.1, -0.05) is 30.3 Å². The summed E-state index contributed by atoms with van der Waals surface area (Å²) in [6, 6.07) is 12.2. The van der Waals surface area contributed by atoms with Crippen molar-refractivity contribution in [2.45, 2.75) is 6.54 Å². The minimum atomic E-state index is -0.0528. The third kappa shape index (κ3) is 3.46. The van der Waals surface area contributed by atoms with Crippen molar-refractivity contribution >= 4 is 11.8 Å². The summed E-state index contributed by atoms with van der Waals surface area (Å²) in [5.74, 6) is 0.719. The molecule has 0 spiro atoms. The van der Waals surface area contributed by atoms with Crippen LogP contribution in [0.1, 0.15) is 5.56 Å². The Morgan fingerprint density at radius 1 is 1.14 bits per heavy atom. The predicted molar refractivity (Wildman–Crippen MR) is 85.5 cm³/mol. The van der Waals surface area contributed by atoms with Crippen molar-refractivity contribution in [2.24, 2.45) is 7.05 Å². The normalized spacial score (nSPS) is 15.8. The molecule has 0 atom stereocenters. The average Bonchev–Trinajstić information content (AvgIpc) is 2.94. The largest absolute Gasteiger partial charge is 0.323 e. The smallest absolute Gasteiger partial charge is 0.322 e. The maximum Gasteiger partial charge on any atom is 0.323 e. The lowest BCUT2D eigenvalue weighted by atomic mass is 10.2. The van der Waals surface area contributed by atoms with Gasteiger partial charge in [0.05, 0.1) is 6.20 Å². The average molecular weight is 299 g/mol. The molecule has 1 aromatic heterocycles. The lowest BCUT2D eigenvalue weighted by Gasteiger charge is -2.34. The number of aromatic nitrogens is 2. The van der Waals surface area contributed by atoms with Gasteiger partial charge in [-0.05, 0) is 5.56 Å². The minimum absolute atomic E-state index is 0.0528. The number of carbonyl (C=O) groups is 1. The lowest BCUT2D eigenvalue weighted by molar-refractivity contribution is 0.143. The molecule has 1 fully saturated rings. The van der Waals surface area contributed by atoms with Crippen molar-refractivity contribution in [1.82, 2.24) is 19.6 Å². The maximum absolute atomic E-state index is 12.2. The summed E-state index contributed by atoms with van der Waals surface area (Å²) in [7, 11) is 1.81. The second-order valence-corrected chi connectivity index (χ2v) is 5.52.